The van der Waals surface area contributed by atoms with Gasteiger partial charge in [0, 0.05) is 0 Å². The zero-order chi connectivity index (χ0) is 8.55. The lowest BCUT2D eigenvalue weighted by atomic mass is 10.00. The third-order valence-corrected chi connectivity index (χ3v) is 2.46. The van der Waals surface area contributed by atoms with Gasteiger partial charge in [0.05, 0.1) is 6.10 Å². The minimum atomic E-state index is -0.318. The molecule has 1 aromatic rings. The summed E-state index contributed by atoms with van der Waals surface area (Å²) in [5.41, 5.74) is 2.47. The molecule has 0 unspecified atom stereocenters. The summed E-state index contributed by atoms with van der Waals surface area (Å²) in [4.78, 5) is 0. The Bertz CT molecular complexity index is 253. The van der Waals surface area contributed by atoms with E-state index in [0.29, 0.717) is 0 Å². The SMILES string of the molecule is C[C@H](O)c1ccccc1C1CC1. The molecule has 1 aromatic carbocycles. The smallest absolute Gasteiger partial charge is 0.0764 e. The van der Waals surface area contributed by atoms with Gasteiger partial charge in [0.1, 0.15) is 0 Å². The van der Waals surface area contributed by atoms with Gasteiger partial charge in [-0.25, -0.2) is 0 Å². The first-order chi connectivity index (χ1) is 5.79. The second-order valence-corrected chi connectivity index (χ2v) is 3.58. The van der Waals surface area contributed by atoms with Crippen molar-refractivity contribution in [3.8, 4) is 0 Å². The van der Waals surface area contributed by atoms with Crippen molar-refractivity contribution in [1.29, 1.82) is 0 Å². The normalized spacial score (nSPS) is 19.2. The van der Waals surface area contributed by atoms with Crippen molar-refractivity contribution in [2.75, 3.05) is 0 Å². The standard InChI is InChI=1S/C11H14O/c1-8(12)10-4-2-3-5-11(10)9-6-7-9/h2-5,8-9,12H,6-7H2,1H3/t8-/m0/s1. The van der Waals surface area contributed by atoms with Crippen molar-refractivity contribution in [3.05, 3.63) is 35.4 Å². The molecule has 0 aromatic heterocycles. The highest BCUT2D eigenvalue weighted by atomic mass is 16.3. The zero-order valence-corrected chi connectivity index (χ0v) is 7.33. The van der Waals surface area contributed by atoms with Crippen LogP contribution in [0.15, 0.2) is 24.3 Å². The predicted molar refractivity (Wildman–Crippen MR) is 49.1 cm³/mol. The van der Waals surface area contributed by atoms with Gasteiger partial charge in [-0.05, 0) is 36.8 Å². The van der Waals surface area contributed by atoms with Crippen LogP contribution in [0.3, 0.4) is 0 Å². The van der Waals surface area contributed by atoms with Crippen molar-refractivity contribution in [3.63, 3.8) is 0 Å². The average molecular weight is 162 g/mol. The Morgan fingerprint density at radius 1 is 1.33 bits per heavy atom. The van der Waals surface area contributed by atoms with Crippen LogP contribution < -0.4 is 0 Å². The molecule has 0 amide bonds. The van der Waals surface area contributed by atoms with E-state index in [1.165, 1.54) is 18.4 Å². The lowest BCUT2D eigenvalue weighted by Crippen LogP contribution is -1.96. The van der Waals surface area contributed by atoms with Crippen LogP contribution in [0.4, 0.5) is 0 Å². The molecule has 1 N–H and O–H groups in total. The maximum atomic E-state index is 9.48. The molecular formula is C11H14O. The average Bonchev–Trinajstić information content (AvgIpc) is 2.87. The van der Waals surface area contributed by atoms with Gasteiger partial charge in [-0.3, -0.25) is 0 Å². The first-order valence-electron chi connectivity index (χ1n) is 4.56. The number of hydrogen-bond acceptors (Lipinski definition) is 1. The quantitative estimate of drug-likeness (QED) is 0.708. The van der Waals surface area contributed by atoms with Gasteiger partial charge < -0.3 is 5.11 Å². The molecule has 0 spiro atoms. The Balaban J connectivity index is 2.36. The molecule has 0 heterocycles. The molecule has 1 saturated carbocycles. The molecule has 1 fully saturated rings. The summed E-state index contributed by atoms with van der Waals surface area (Å²) in [6.45, 7) is 1.83. The molecule has 0 saturated heterocycles. The highest BCUT2D eigenvalue weighted by Gasteiger charge is 2.26. The fraction of sp³-hybridized carbons (Fsp3) is 0.455. The van der Waals surface area contributed by atoms with Gasteiger partial charge in [-0.2, -0.15) is 0 Å². The summed E-state index contributed by atoms with van der Waals surface area (Å²) in [5, 5.41) is 9.48. The first kappa shape index (κ1) is 7.81. The Hall–Kier alpha value is -0.820. The Kier molecular flexibility index (Phi) is 1.89. The maximum Gasteiger partial charge on any atom is 0.0764 e. The van der Waals surface area contributed by atoms with E-state index < -0.39 is 0 Å². The van der Waals surface area contributed by atoms with Crippen molar-refractivity contribution < 1.29 is 5.11 Å². The number of hydrogen-bond donors (Lipinski definition) is 1. The third-order valence-electron chi connectivity index (χ3n) is 2.46. The van der Waals surface area contributed by atoms with Gasteiger partial charge >= 0.3 is 0 Å². The Morgan fingerprint density at radius 3 is 2.58 bits per heavy atom. The predicted octanol–water partition coefficient (Wildman–Crippen LogP) is 2.62. The van der Waals surface area contributed by atoms with Crippen molar-refractivity contribution in [2.45, 2.75) is 31.8 Å². The van der Waals surface area contributed by atoms with Crippen molar-refractivity contribution >= 4 is 0 Å². The molecule has 1 nitrogen and oxygen atoms in total. The molecule has 12 heavy (non-hydrogen) atoms. The van der Waals surface area contributed by atoms with E-state index >= 15 is 0 Å². The summed E-state index contributed by atoms with van der Waals surface area (Å²) in [6.07, 6.45) is 2.27. The molecule has 1 aliphatic carbocycles. The number of benzene rings is 1. The topological polar surface area (TPSA) is 20.2 Å². The van der Waals surface area contributed by atoms with Gasteiger partial charge in [0.15, 0.2) is 0 Å². The van der Waals surface area contributed by atoms with Crippen LogP contribution in [0.5, 0.6) is 0 Å². The number of aliphatic hydroxyl groups is 1. The van der Waals surface area contributed by atoms with Crippen LogP contribution in [-0.2, 0) is 0 Å². The molecule has 0 aliphatic heterocycles. The van der Waals surface area contributed by atoms with Crippen LogP contribution >= 0.6 is 0 Å². The van der Waals surface area contributed by atoms with E-state index in [2.05, 4.69) is 12.1 Å². The van der Waals surface area contributed by atoms with Crippen LogP contribution in [0.25, 0.3) is 0 Å². The third kappa shape index (κ3) is 1.37. The van der Waals surface area contributed by atoms with Gasteiger partial charge in [0.2, 0.25) is 0 Å². The first-order valence-corrected chi connectivity index (χ1v) is 4.56. The maximum absolute atomic E-state index is 9.48. The molecule has 1 atom stereocenters. The van der Waals surface area contributed by atoms with E-state index in [1.807, 2.05) is 19.1 Å². The summed E-state index contributed by atoms with van der Waals surface area (Å²) in [5.74, 6) is 0.732. The largest absolute Gasteiger partial charge is 0.389 e. The van der Waals surface area contributed by atoms with E-state index in [0.717, 1.165) is 11.5 Å². The number of aliphatic hydroxyl groups excluding tert-OH is 1. The molecule has 2 rings (SSSR count). The van der Waals surface area contributed by atoms with E-state index in [1.54, 1.807) is 0 Å². The van der Waals surface area contributed by atoms with Gasteiger partial charge in [0.25, 0.3) is 0 Å². The summed E-state index contributed by atoms with van der Waals surface area (Å²) >= 11 is 0. The van der Waals surface area contributed by atoms with Crippen molar-refractivity contribution in [1.82, 2.24) is 0 Å². The highest BCUT2D eigenvalue weighted by molar-refractivity contribution is 5.34. The second kappa shape index (κ2) is 2.91. The van der Waals surface area contributed by atoms with E-state index in [4.69, 9.17) is 0 Å². The lowest BCUT2D eigenvalue weighted by molar-refractivity contribution is 0.198. The van der Waals surface area contributed by atoms with Crippen LogP contribution in [-0.4, -0.2) is 5.11 Å². The molecule has 0 radical (unpaired) electrons. The molecule has 1 heteroatoms. The fourth-order valence-corrected chi connectivity index (χ4v) is 1.66. The second-order valence-electron chi connectivity index (χ2n) is 3.58. The molecule has 64 valence electrons. The highest BCUT2D eigenvalue weighted by Crippen LogP contribution is 2.42. The van der Waals surface area contributed by atoms with E-state index in [9.17, 15) is 5.11 Å². The van der Waals surface area contributed by atoms with Crippen LogP contribution in [0.2, 0.25) is 0 Å². The Labute approximate surface area is 73.0 Å². The van der Waals surface area contributed by atoms with Gasteiger partial charge in [-0.1, -0.05) is 24.3 Å². The fourth-order valence-electron chi connectivity index (χ4n) is 1.66. The van der Waals surface area contributed by atoms with Crippen molar-refractivity contribution in [2.24, 2.45) is 0 Å². The van der Waals surface area contributed by atoms with Gasteiger partial charge in [-0.15, -0.1) is 0 Å². The van der Waals surface area contributed by atoms with E-state index in [-0.39, 0.29) is 6.10 Å². The van der Waals surface area contributed by atoms with Crippen LogP contribution in [0.1, 0.15) is 42.9 Å². The zero-order valence-electron chi connectivity index (χ0n) is 7.33. The summed E-state index contributed by atoms with van der Waals surface area (Å²) in [7, 11) is 0. The monoisotopic (exact) mass is 162 g/mol. The summed E-state index contributed by atoms with van der Waals surface area (Å²) in [6, 6.07) is 8.21. The Morgan fingerprint density at radius 2 is 2.00 bits per heavy atom. The summed E-state index contributed by atoms with van der Waals surface area (Å²) < 4.78 is 0. The number of rotatable bonds is 2. The molecular weight excluding hydrogens is 148 g/mol. The minimum Gasteiger partial charge on any atom is -0.389 e. The van der Waals surface area contributed by atoms with Crippen LogP contribution in [0, 0.1) is 0 Å². The molecule has 1 aliphatic rings. The lowest BCUT2D eigenvalue weighted by Gasteiger charge is -2.10. The minimum absolute atomic E-state index is 0.318. The molecule has 0 bridgehead atoms.